The van der Waals surface area contributed by atoms with Crippen LogP contribution < -0.4 is 0 Å². The Morgan fingerprint density at radius 1 is 1.00 bits per heavy atom. The molecule has 1 saturated carbocycles. The molecule has 0 radical (unpaired) electrons. The molecule has 23 heavy (non-hydrogen) atoms. The fourth-order valence-electron chi connectivity index (χ4n) is 3.07. The van der Waals surface area contributed by atoms with Crippen LogP contribution in [-0.2, 0) is 0 Å². The third-order valence-electron chi connectivity index (χ3n) is 4.51. The molecule has 2 atom stereocenters. The highest BCUT2D eigenvalue weighted by Gasteiger charge is 2.26. The Morgan fingerprint density at radius 3 is 2.04 bits per heavy atom. The van der Waals surface area contributed by atoms with Crippen molar-refractivity contribution >= 4 is 11.8 Å². The average Bonchev–Trinajstić information content (AvgIpc) is 2.55. The largest absolute Gasteiger partial charge is 0.393 e. The zero-order chi connectivity index (χ0) is 17.0. The van der Waals surface area contributed by atoms with Gasteiger partial charge < -0.3 is 14.9 Å². The van der Waals surface area contributed by atoms with E-state index in [0.717, 1.165) is 25.7 Å². The van der Waals surface area contributed by atoms with Crippen LogP contribution >= 0.6 is 0 Å². The number of benzene rings is 1. The highest BCUT2D eigenvalue weighted by Crippen LogP contribution is 2.25. The van der Waals surface area contributed by atoms with Crippen LogP contribution in [0.4, 0.5) is 0 Å². The minimum absolute atomic E-state index is 0.0772. The molecular weight excluding hydrogens is 292 g/mol. The molecule has 126 valence electrons. The highest BCUT2D eigenvalue weighted by molar-refractivity contribution is 5.97. The summed E-state index contributed by atoms with van der Waals surface area (Å²) in [6, 6.07) is 6.73. The van der Waals surface area contributed by atoms with Gasteiger partial charge in [-0.15, -0.1) is 0 Å². The van der Waals surface area contributed by atoms with Gasteiger partial charge in [0, 0.05) is 44.7 Å². The third-order valence-corrected chi connectivity index (χ3v) is 4.51. The lowest BCUT2D eigenvalue weighted by Crippen LogP contribution is -2.38. The number of rotatable bonds is 4. The number of carbonyl (C=O) groups excluding carboxylic acids is 2. The van der Waals surface area contributed by atoms with Crippen LogP contribution in [0.5, 0.6) is 0 Å². The summed E-state index contributed by atoms with van der Waals surface area (Å²) in [5.41, 5.74) is 1.13. The lowest BCUT2D eigenvalue weighted by Gasteiger charge is -2.31. The first-order valence-electron chi connectivity index (χ1n) is 8.15. The van der Waals surface area contributed by atoms with Gasteiger partial charge in [-0.3, -0.25) is 9.59 Å². The van der Waals surface area contributed by atoms with Crippen LogP contribution in [0, 0.1) is 5.92 Å². The molecule has 0 saturated heterocycles. The summed E-state index contributed by atoms with van der Waals surface area (Å²) in [4.78, 5) is 27.5. The molecule has 2 rings (SSSR count). The van der Waals surface area contributed by atoms with Gasteiger partial charge in [0.25, 0.3) is 11.8 Å². The predicted molar refractivity (Wildman–Crippen MR) is 89.4 cm³/mol. The Bertz CT molecular complexity index is 554. The van der Waals surface area contributed by atoms with Gasteiger partial charge in [0.15, 0.2) is 0 Å². The van der Waals surface area contributed by atoms with Gasteiger partial charge in [-0.1, -0.05) is 12.8 Å². The molecule has 0 spiro atoms. The number of hydrogen-bond donors (Lipinski definition) is 1. The smallest absolute Gasteiger partial charge is 0.253 e. The molecule has 0 aliphatic heterocycles. The molecule has 2 unspecified atom stereocenters. The van der Waals surface area contributed by atoms with Crippen molar-refractivity contribution in [1.29, 1.82) is 0 Å². The normalized spacial score (nSPS) is 20.9. The van der Waals surface area contributed by atoms with Crippen molar-refractivity contribution in [1.82, 2.24) is 9.80 Å². The molecule has 1 fully saturated rings. The van der Waals surface area contributed by atoms with Gasteiger partial charge in [-0.2, -0.15) is 0 Å². The SMILES string of the molecule is CN(C)C(=O)c1ccc(C(=O)N(C)CC2CCCCC2O)cc1. The van der Waals surface area contributed by atoms with Crippen LogP contribution in [0.25, 0.3) is 0 Å². The third kappa shape index (κ3) is 4.32. The topological polar surface area (TPSA) is 60.9 Å². The summed E-state index contributed by atoms with van der Waals surface area (Å²) in [6.45, 7) is 0.568. The zero-order valence-corrected chi connectivity index (χ0v) is 14.2. The van der Waals surface area contributed by atoms with E-state index in [4.69, 9.17) is 0 Å². The second-order valence-electron chi connectivity index (χ2n) is 6.57. The number of hydrogen-bond acceptors (Lipinski definition) is 3. The molecule has 1 aromatic carbocycles. The van der Waals surface area contributed by atoms with E-state index in [1.54, 1.807) is 50.3 Å². The molecule has 0 bridgehead atoms. The minimum Gasteiger partial charge on any atom is -0.393 e. The van der Waals surface area contributed by atoms with Crippen molar-refractivity contribution in [2.45, 2.75) is 31.8 Å². The van der Waals surface area contributed by atoms with E-state index in [-0.39, 0.29) is 23.8 Å². The molecule has 1 aromatic rings. The highest BCUT2D eigenvalue weighted by atomic mass is 16.3. The summed E-state index contributed by atoms with van der Waals surface area (Å²) in [5.74, 6) is 0.00148. The van der Waals surface area contributed by atoms with Crippen molar-refractivity contribution in [3.8, 4) is 0 Å². The van der Waals surface area contributed by atoms with Crippen LogP contribution in [0.3, 0.4) is 0 Å². The molecule has 1 N–H and O–H groups in total. The Hall–Kier alpha value is -1.88. The average molecular weight is 318 g/mol. The molecule has 1 aliphatic rings. The summed E-state index contributed by atoms with van der Waals surface area (Å²) in [6.07, 6.45) is 3.67. The monoisotopic (exact) mass is 318 g/mol. The van der Waals surface area contributed by atoms with Crippen LogP contribution in [-0.4, -0.2) is 60.5 Å². The molecule has 2 amide bonds. The van der Waals surface area contributed by atoms with E-state index in [1.165, 1.54) is 4.90 Å². The van der Waals surface area contributed by atoms with Gasteiger partial charge in [-0.25, -0.2) is 0 Å². The first kappa shape index (κ1) is 17.5. The van der Waals surface area contributed by atoms with Crippen molar-refractivity contribution in [2.24, 2.45) is 5.92 Å². The van der Waals surface area contributed by atoms with E-state index in [2.05, 4.69) is 0 Å². The second-order valence-corrected chi connectivity index (χ2v) is 6.57. The van der Waals surface area contributed by atoms with Crippen LogP contribution in [0.15, 0.2) is 24.3 Å². The Balaban J connectivity index is 2.00. The molecular formula is C18H26N2O3. The Morgan fingerprint density at radius 2 is 1.52 bits per heavy atom. The summed E-state index contributed by atoms with van der Waals surface area (Å²) in [5, 5.41) is 10.0. The zero-order valence-electron chi connectivity index (χ0n) is 14.2. The van der Waals surface area contributed by atoms with Gasteiger partial charge in [0.05, 0.1) is 6.10 Å². The molecule has 5 nitrogen and oxygen atoms in total. The van der Waals surface area contributed by atoms with E-state index in [9.17, 15) is 14.7 Å². The lowest BCUT2D eigenvalue weighted by molar-refractivity contribution is 0.0451. The lowest BCUT2D eigenvalue weighted by atomic mass is 9.86. The van der Waals surface area contributed by atoms with Gasteiger partial charge in [0.1, 0.15) is 0 Å². The van der Waals surface area contributed by atoms with Crippen molar-refractivity contribution < 1.29 is 14.7 Å². The van der Waals surface area contributed by atoms with Gasteiger partial charge in [-0.05, 0) is 37.1 Å². The quantitative estimate of drug-likeness (QED) is 0.924. The number of amides is 2. The number of nitrogens with zero attached hydrogens (tertiary/aromatic N) is 2. The maximum atomic E-state index is 12.5. The fourth-order valence-corrected chi connectivity index (χ4v) is 3.07. The molecule has 0 heterocycles. The number of aliphatic hydroxyl groups is 1. The van der Waals surface area contributed by atoms with Crippen LogP contribution in [0.2, 0.25) is 0 Å². The maximum Gasteiger partial charge on any atom is 0.253 e. The summed E-state index contributed by atoms with van der Waals surface area (Å²) < 4.78 is 0. The Labute approximate surface area is 137 Å². The van der Waals surface area contributed by atoms with Crippen molar-refractivity contribution in [3.05, 3.63) is 35.4 Å². The summed E-state index contributed by atoms with van der Waals surface area (Å²) >= 11 is 0. The van der Waals surface area contributed by atoms with E-state index in [0.29, 0.717) is 17.7 Å². The van der Waals surface area contributed by atoms with Gasteiger partial charge in [0.2, 0.25) is 0 Å². The molecule has 1 aliphatic carbocycles. The predicted octanol–water partition coefficient (Wildman–Crippen LogP) is 2.01. The van der Waals surface area contributed by atoms with E-state index >= 15 is 0 Å². The minimum atomic E-state index is -0.306. The van der Waals surface area contributed by atoms with Crippen molar-refractivity contribution in [3.63, 3.8) is 0 Å². The standard InChI is InChI=1S/C18H26N2O3/c1-19(2)17(22)13-8-10-14(11-9-13)18(23)20(3)12-15-6-4-5-7-16(15)21/h8-11,15-16,21H,4-7,12H2,1-3H3. The first-order valence-corrected chi connectivity index (χ1v) is 8.15. The van der Waals surface area contributed by atoms with Crippen LogP contribution in [0.1, 0.15) is 46.4 Å². The Kier molecular flexibility index (Phi) is 5.77. The van der Waals surface area contributed by atoms with Crippen molar-refractivity contribution in [2.75, 3.05) is 27.7 Å². The maximum absolute atomic E-state index is 12.5. The number of aliphatic hydroxyl groups excluding tert-OH is 1. The fraction of sp³-hybridized carbons (Fsp3) is 0.556. The van der Waals surface area contributed by atoms with Gasteiger partial charge >= 0.3 is 0 Å². The molecule has 0 aromatic heterocycles. The van der Waals surface area contributed by atoms with E-state index in [1.807, 2.05) is 0 Å². The van der Waals surface area contributed by atoms with E-state index < -0.39 is 0 Å². The molecule has 5 heteroatoms. The second kappa shape index (κ2) is 7.59. The number of carbonyl (C=O) groups is 2. The first-order chi connectivity index (χ1) is 10.9. The summed E-state index contributed by atoms with van der Waals surface area (Å²) in [7, 11) is 5.16.